The van der Waals surface area contributed by atoms with Crippen molar-refractivity contribution in [3.63, 3.8) is 0 Å². The zero-order valence-corrected chi connectivity index (χ0v) is 10.4. The second-order valence-electron chi connectivity index (χ2n) is 3.96. The Kier molecular flexibility index (Phi) is 4.37. The van der Waals surface area contributed by atoms with Crippen LogP contribution in [0.2, 0.25) is 5.02 Å². The van der Waals surface area contributed by atoms with E-state index >= 15 is 0 Å². The van der Waals surface area contributed by atoms with Gasteiger partial charge in [0, 0.05) is 11.1 Å². The smallest absolute Gasteiger partial charge is 0.0438 e. The lowest BCUT2D eigenvalue weighted by Crippen LogP contribution is -2.17. The Labute approximate surface area is 97.1 Å². The van der Waals surface area contributed by atoms with Crippen LogP contribution in [0.3, 0.4) is 0 Å². The molecule has 0 heterocycles. The van der Waals surface area contributed by atoms with E-state index < -0.39 is 0 Å². The topological polar surface area (TPSA) is 12.0 Å². The van der Waals surface area contributed by atoms with Crippen LogP contribution in [0.15, 0.2) is 30.4 Å². The third-order valence-corrected chi connectivity index (χ3v) is 3.00. The normalized spacial score (nSPS) is 12.5. The van der Waals surface area contributed by atoms with E-state index in [9.17, 15) is 0 Å². The van der Waals surface area contributed by atoms with E-state index in [0.29, 0.717) is 6.04 Å². The molecule has 0 aliphatic carbocycles. The van der Waals surface area contributed by atoms with Crippen molar-refractivity contribution in [2.24, 2.45) is 0 Å². The van der Waals surface area contributed by atoms with Crippen LogP contribution in [-0.4, -0.2) is 7.05 Å². The Morgan fingerprint density at radius 1 is 1.53 bits per heavy atom. The van der Waals surface area contributed by atoms with Gasteiger partial charge in [-0.3, -0.25) is 0 Å². The van der Waals surface area contributed by atoms with Gasteiger partial charge in [0.15, 0.2) is 0 Å². The second kappa shape index (κ2) is 5.34. The summed E-state index contributed by atoms with van der Waals surface area (Å²) in [6, 6.07) is 6.34. The third-order valence-electron chi connectivity index (χ3n) is 2.59. The van der Waals surface area contributed by atoms with Crippen molar-refractivity contribution in [3.05, 3.63) is 46.5 Å². The number of benzene rings is 1. The summed E-state index contributed by atoms with van der Waals surface area (Å²) in [4.78, 5) is 0. The monoisotopic (exact) mass is 223 g/mol. The van der Waals surface area contributed by atoms with E-state index in [0.717, 1.165) is 17.0 Å². The summed E-state index contributed by atoms with van der Waals surface area (Å²) >= 11 is 6.10. The predicted octanol–water partition coefficient (Wildman–Crippen LogP) is 3.88. The molecular formula is C13H18ClN. The average molecular weight is 224 g/mol. The molecule has 1 nitrogen and oxygen atoms in total. The lowest BCUT2D eigenvalue weighted by molar-refractivity contribution is 0.587. The Balaban J connectivity index is 3.01. The van der Waals surface area contributed by atoms with E-state index in [2.05, 4.69) is 24.9 Å². The molecule has 0 amide bonds. The second-order valence-corrected chi connectivity index (χ2v) is 4.36. The van der Waals surface area contributed by atoms with Crippen molar-refractivity contribution in [2.45, 2.75) is 26.3 Å². The first kappa shape index (κ1) is 12.3. The first-order chi connectivity index (χ1) is 7.06. The molecule has 1 aromatic carbocycles. The molecule has 0 aliphatic rings. The Hall–Kier alpha value is -0.790. The summed E-state index contributed by atoms with van der Waals surface area (Å²) in [6.07, 6.45) is 0.942. The molecule has 0 saturated carbocycles. The van der Waals surface area contributed by atoms with Gasteiger partial charge < -0.3 is 5.32 Å². The van der Waals surface area contributed by atoms with Gasteiger partial charge >= 0.3 is 0 Å². The number of nitrogens with one attached hydrogen (secondary N) is 1. The fourth-order valence-electron chi connectivity index (χ4n) is 1.72. The maximum absolute atomic E-state index is 6.10. The van der Waals surface area contributed by atoms with Crippen molar-refractivity contribution in [3.8, 4) is 0 Å². The van der Waals surface area contributed by atoms with Crippen LogP contribution < -0.4 is 5.32 Å². The minimum atomic E-state index is 0.307. The van der Waals surface area contributed by atoms with Gasteiger partial charge in [0.25, 0.3) is 0 Å². The third kappa shape index (κ3) is 3.08. The van der Waals surface area contributed by atoms with Gasteiger partial charge in [0.05, 0.1) is 0 Å². The minimum absolute atomic E-state index is 0.307. The van der Waals surface area contributed by atoms with Gasteiger partial charge in [-0.15, -0.1) is 6.58 Å². The van der Waals surface area contributed by atoms with Crippen molar-refractivity contribution in [1.82, 2.24) is 5.32 Å². The molecule has 1 atom stereocenters. The van der Waals surface area contributed by atoms with Crippen LogP contribution >= 0.6 is 11.6 Å². The van der Waals surface area contributed by atoms with Gasteiger partial charge in [-0.2, -0.15) is 0 Å². The molecule has 1 rings (SSSR count). The number of hydrogen-bond acceptors (Lipinski definition) is 1. The molecule has 0 spiro atoms. The molecule has 2 heteroatoms. The largest absolute Gasteiger partial charge is 0.313 e. The lowest BCUT2D eigenvalue weighted by atomic mass is 9.96. The molecule has 1 N–H and O–H groups in total. The van der Waals surface area contributed by atoms with Gasteiger partial charge in [-0.25, -0.2) is 0 Å². The van der Waals surface area contributed by atoms with E-state index in [1.165, 1.54) is 11.1 Å². The summed E-state index contributed by atoms with van der Waals surface area (Å²) in [5.41, 5.74) is 3.58. The summed E-state index contributed by atoms with van der Waals surface area (Å²) < 4.78 is 0. The van der Waals surface area contributed by atoms with E-state index in [-0.39, 0.29) is 0 Å². The van der Waals surface area contributed by atoms with Gasteiger partial charge in [0.2, 0.25) is 0 Å². The fraction of sp³-hybridized carbons (Fsp3) is 0.385. The highest BCUT2D eigenvalue weighted by Crippen LogP contribution is 2.27. The van der Waals surface area contributed by atoms with Gasteiger partial charge in [0.1, 0.15) is 0 Å². The zero-order valence-electron chi connectivity index (χ0n) is 9.60. The first-order valence-electron chi connectivity index (χ1n) is 5.13. The zero-order chi connectivity index (χ0) is 11.4. The minimum Gasteiger partial charge on any atom is -0.313 e. The van der Waals surface area contributed by atoms with Crippen molar-refractivity contribution >= 4 is 11.6 Å². The number of rotatable bonds is 4. The molecule has 0 aliphatic heterocycles. The Morgan fingerprint density at radius 3 is 2.73 bits per heavy atom. The quantitative estimate of drug-likeness (QED) is 0.764. The van der Waals surface area contributed by atoms with Crippen LogP contribution in [-0.2, 0) is 0 Å². The summed E-state index contributed by atoms with van der Waals surface area (Å²) in [5.74, 6) is 0. The Morgan fingerprint density at radius 2 is 2.20 bits per heavy atom. The van der Waals surface area contributed by atoms with Gasteiger partial charge in [-0.1, -0.05) is 29.3 Å². The van der Waals surface area contributed by atoms with Crippen LogP contribution in [0, 0.1) is 6.92 Å². The van der Waals surface area contributed by atoms with Crippen LogP contribution in [0.4, 0.5) is 0 Å². The number of hydrogen-bond donors (Lipinski definition) is 1. The van der Waals surface area contributed by atoms with Crippen LogP contribution in [0.5, 0.6) is 0 Å². The molecule has 0 fully saturated rings. The van der Waals surface area contributed by atoms with Crippen molar-refractivity contribution in [2.75, 3.05) is 7.05 Å². The summed E-state index contributed by atoms with van der Waals surface area (Å²) in [6.45, 7) is 8.05. The van der Waals surface area contributed by atoms with Gasteiger partial charge in [-0.05, 0) is 44.5 Å². The maximum Gasteiger partial charge on any atom is 0.0438 e. The van der Waals surface area contributed by atoms with Crippen molar-refractivity contribution in [1.29, 1.82) is 0 Å². The average Bonchev–Trinajstić information content (AvgIpc) is 2.19. The molecule has 1 aromatic rings. The Bertz CT molecular complexity index is 358. The van der Waals surface area contributed by atoms with Crippen LogP contribution in [0.1, 0.15) is 30.5 Å². The fourth-order valence-corrected chi connectivity index (χ4v) is 1.90. The standard InChI is InChI=1S/C13H18ClN/c1-9(2)8-13(15-4)11-6-5-7-12(14)10(11)3/h5-7,13,15H,1,8H2,2-4H3. The molecule has 0 bridgehead atoms. The predicted molar refractivity (Wildman–Crippen MR) is 67.4 cm³/mol. The summed E-state index contributed by atoms with van der Waals surface area (Å²) in [7, 11) is 1.97. The van der Waals surface area contributed by atoms with E-state index in [1.807, 2.05) is 26.1 Å². The molecular weight excluding hydrogens is 206 g/mol. The molecule has 15 heavy (non-hydrogen) atoms. The van der Waals surface area contributed by atoms with E-state index in [1.54, 1.807) is 0 Å². The van der Waals surface area contributed by atoms with E-state index in [4.69, 9.17) is 11.6 Å². The highest BCUT2D eigenvalue weighted by atomic mass is 35.5. The maximum atomic E-state index is 6.10. The molecule has 0 aromatic heterocycles. The number of halogens is 1. The first-order valence-corrected chi connectivity index (χ1v) is 5.50. The van der Waals surface area contributed by atoms with Crippen LogP contribution in [0.25, 0.3) is 0 Å². The highest BCUT2D eigenvalue weighted by molar-refractivity contribution is 6.31. The highest BCUT2D eigenvalue weighted by Gasteiger charge is 2.12. The molecule has 82 valence electrons. The molecule has 0 radical (unpaired) electrons. The summed E-state index contributed by atoms with van der Waals surface area (Å²) in [5, 5.41) is 4.13. The lowest BCUT2D eigenvalue weighted by Gasteiger charge is -2.19. The molecule has 0 saturated heterocycles. The van der Waals surface area contributed by atoms with Crippen molar-refractivity contribution < 1.29 is 0 Å². The SMILES string of the molecule is C=C(C)CC(NC)c1cccc(Cl)c1C. The molecule has 1 unspecified atom stereocenters.